The quantitative estimate of drug-likeness (QED) is 0.207. The molecule has 2 N–H and O–H groups in total. The van der Waals surface area contributed by atoms with E-state index in [-0.39, 0.29) is 17.2 Å². The summed E-state index contributed by atoms with van der Waals surface area (Å²) in [6.45, 7) is 8.05. The molecule has 0 bridgehead atoms. The Bertz CT molecular complexity index is 1350. The summed E-state index contributed by atoms with van der Waals surface area (Å²) < 4.78 is 55.3. The van der Waals surface area contributed by atoms with Crippen LogP contribution in [-0.2, 0) is 29.4 Å². The Morgan fingerprint density at radius 3 is 2.10 bits per heavy atom. The van der Waals surface area contributed by atoms with Gasteiger partial charge < -0.3 is 10.6 Å². The molecule has 0 heterocycles. The van der Waals surface area contributed by atoms with Crippen molar-refractivity contribution in [3.05, 3.63) is 101 Å². The molecule has 0 aliphatic heterocycles. The summed E-state index contributed by atoms with van der Waals surface area (Å²) in [4.78, 5) is 13.3. The fourth-order valence-electron chi connectivity index (χ4n) is 4.75. The van der Waals surface area contributed by atoms with Gasteiger partial charge >= 0.3 is 0 Å². The van der Waals surface area contributed by atoms with Crippen LogP contribution in [0.4, 0.5) is 8.78 Å². The van der Waals surface area contributed by atoms with Gasteiger partial charge in [0, 0.05) is 37.3 Å². The van der Waals surface area contributed by atoms with E-state index in [0.717, 1.165) is 18.1 Å². The van der Waals surface area contributed by atoms with Crippen molar-refractivity contribution in [1.82, 2.24) is 14.9 Å². The van der Waals surface area contributed by atoms with E-state index >= 15 is 0 Å². The van der Waals surface area contributed by atoms with E-state index in [1.54, 1.807) is 0 Å². The van der Waals surface area contributed by atoms with Crippen molar-refractivity contribution in [3.8, 4) is 0 Å². The Morgan fingerprint density at radius 2 is 1.49 bits per heavy atom. The summed E-state index contributed by atoms with van der Waals surface area (Å²) in [5, 5.41) is 6.36. The molecule has 3 aromatic carbocycles. The van der Waals surface area contributed by atoms with Gasteiger partial charge in [-0.05, 0) is 91.7 Å². The number of carbonyl (C=O) groups excluding carboxylic acids is 1. The van der Waals surface area contributed by atoms with E-state index < -0.39 is 27.7 Å². The molecule has 0 saturated carbocycles. The first kappa shape index (κ1) is 32.4. The van der Waals surface area contributed by atoms with Crippen molar-refractivity contribution < 1.29 is 22.0 Å². The Kier molecular flexibility index (Phi) is 12.4. The summed E-state index contributed by atoms with van der Waals surface area (Å²) in [6.07, 6.45) is 3.12. The number of hydrogen-bond donors (Lipinski definition) is 2. The maximum Gasteiger partial charge on any atom is 0.251 e. The second kappa shape index (κ2) is 15.7. The zero-order chi connectivity index (χ0) is 29.8. The maximum absolute atomic E-state index is 13.9. The number of nitrogens with zero attached hydrogens (tertiary/aromatic N) is 1. The van der Waals surface area contributed by atoms with Crippen LogP contribution in [0.2, 0.25) is 0 Å². The Morgan fingerprint density at radius 1 is 0.854 bits per heavy atom. The molecule has 1 amide bonds. The molecule has 0 aliphatic carbocycles. The van der Waals surface area contributed by atoms with E-state index in [1.807, 2.05) is 19.9 Å². The molecular weight excluding hydrogens is 544 g/mol. The first-order valence-electron chi connectivity index (χ1n) is 14.3. The third kappa shape index (κ3) is 9.73. The number of halogens is 2. The summed E-state index contributed by atoms with van der Waals surface area (Å²) >= 11 is 0. The highest BCUT2D eigenvalue weighted by molar-refractivity contribution is 7.89. The maximum atomic E-state index is 13.9. The van der Waals surface area contributed by atoms with Crippen LogP contribution >= 0.6 is 0 Å². The molecular formula is C32H41F2N3O3S. The van der Waals surface area contributed by atoms with Crippen molar-refractivity contribution >= 4 is 15.9 Å². The molecule has 0 radical (unpaired) electrons. The molecule has 3 rings (SSSR count). The predicted octanol–water partition coefficient (Wildman–Crippen LogP) is 5.86. The normalized spacial score (nSPS) is 12.4. The van der Waals surface area contributed by atoms with Gasteiger partial charge in [-0.2, -0.15) is 4.31 Å². The topological polar surface area (TPSA) is 78.5 Å². The fourth-order valence-corrected chi connectivity index (χ4v) is 6.38. The highest BCUT2D eigenvalue weighted by Crippen LogP contribution is 2.18. The van der Waals surface area contributed by atoms with Gasteiger partial charge in [-0.15, -0.1) is 0 Å². The van der Waals surface area contributed by atoms with Gasteiger partial charge in [-0.25, -0.2) is 17.2 Å². The number of amides is 1. The Balaban J connectivity index is 1.70. The summed E-state index contributed by atoms with van der Waals surface area (Å²) in [7, 11) is -3.66. The van der Waals surface area contributed by atoms with E-state index in [9.17, 15) is 22.0 Å². The summed E-state index contributed by atoms with van der Waals surface area (Å²) in [5.74, 6) is -1.72. The highest BCUT2D eigenvalue weighted by atomic mass is 32.2. The number of aryl methyl sites for hydroxylation is 1. The Labute approximate surface area is 243 Å². The predicted molar refractivity (Wildman–Crippen MR) is 159 cm³/mol. The minimum absolute atomic E-state index is 0.138. The minimum Gasteiger partial charge on any atom is -0.349 e. The second-order valence-corrected chi connectivity index (χ2v) is 12.2. The largest absolute Gasteiger partial charge is 0.349 e. The van der Waals surface area contributed by atoms with Crippen molar-refractivity contribution in [1.29, 1.82) is 0 Å². The smallest absolute Gasteiger partial charge is 0.251 e. The lowest BCUT2D eigenvalue weighted by molar-refractivity contribution is 0.0934. The fraction of sp³-hybridized carbons (Fsp3) is 0.406. The number of nitrogens with one attached hydrogen (secondary N) is 2. The molecule has 0 saturated heterocycles. The SMILES string of the molecule is CCCN(CCC)S(=O)(=O)c1ccc(C(=O)N[C@H](CCNCc2cccc(CC)c2)Cc2cc(F)cc(F)c2)cc1. The van der Waals surface area contributed by atoms with Crippen LogP contribution in [0.3, 0.4) is 0 Å². The molecule has 0 aliphatic rings. The monoisotopic (exact) mass is 585 g/mol. The van der Waals surface area contributed by atoms with E-state index in [0.29, 0.717) is 56.6 Å². The van der Waals surface area contributed by atoms with Gasteiger partial charge in [0.05, 0.1) is 4.90 Å². The zero-order valence-corrected chi connectivity index (χ0v) is 24.9. The van der Waals surface area contributed by atoms with Crippen molar-refractivity contribution in [2.45, 2.75) is 70.4 Å². The average molecular weight is 586 g/mol. The zero-order valence-electron chi connectivity index (χ0n) is 24.1. The first-order chi connectivity index (χ1) is 19.7. The van der Waals surface area contributed by atoms with E-state index in [4.69, 9.17) is 0 Å². The number of carbonyl (C=O) groups is 1. The molecule has 0 unspecified atom stereocenters. The lowest BCUT2D eigenvalue weighted by atomic mass is 10.0. The number of benzene rings is 3. The van der Waals surface area contributed by atoms with Crippen LogP contribution in [0.15, 0.2) is 71.6 Å². The molecule has 6 nitrogen and oxygen atoms in total. The number of sulfonamides is 1. The lowest BCUT2D eigenvalue weighted by Gasteiger charge is -2.21. The lowest BCUT2D eigenvalue weighted by Crippen LogP contribution is -2.38. The molecule has 41 heavy (non-hydrogen) atoms. The molecule has 222 valence electrons. The first-order valence-corrected chi connectivity index (χ1v) is 15.7. The minimum atomic E-state index is -3.66. The summed E-state index contributed by atoms with van der Waals surface area (Å²) in [6, 6.07) is 17.1. The van der Waals surface area contributed by atoms with E-state index in [1.165, 1.54) is 46.3 Å². The van der Waals surface area contributed by atoms with Crippen LogP contribution in [0.1, 0.15) is 67.1 Å². The average Bonchev–Trinajstić information content (AvgIpc) is 2.94. The molecule has 1 atom stereocenters. The van der Waals surface area contributed by atoms with Gasteiger partial charge in [0.25, 0.3) is 5.91 Å². The number of rotatable bonds is 16. The van der Waals surface area contributed by atoms with Crippen LogP contribution in [0, 0.1) is 11.6 Å². The van der Waals surface area contributed by atoms with Crippen LogP contribution in [-0.4, -0.2) is 44.3 Å². The molecule has 9 heteroatoms. The van der Waals surface area contributed by atoms with Gasteiger partial charge in [-0.3, -0.25) is 4.79 Å². The number of hydrogen-bond acceptors (Lipinski definition) is 4. The van der Waals surface area contributed by atoms with Gasteiger partial charge in [0.15, 0.2) is 0 Å². The molecule has 0 fully saturated rings. The van der Waals surface area contributed by atoms with E-state index in [2.05, 4.69) is 35.8 Å². The standard InChI is InChI=1S/C32H41F2N3O3S/c1-4-16-37(17-5-2)41(39,40)31-12-10-27(11-13-31)32(38)36-30(21-26-19-28(33)22-29(34)20-26)14-15-35-23-25-9-7-8-24(6-3)18-25/h7-13,18-20,22,30,35H,4-6,14-17,21,23H2,1-3H3,(H,36,38)/t30-/m1/s1. The summed E-state index contributed by atoms with van der Waals surface area (Å²) in [5.41, 5.74) is 3.16. The second-order valence-electron chi connectivity index (χ2n) is 10.2. The molecule has 0 aromatic heterocycles. The van der Waals surface area contributed by atoms with Gasteiger partial charge in [0.1, 0.15) is 11.6 Å². The van der Waals surface area contributed by atoms with Crippen molar-refractivity contribution in [2.75, 3.05) is 19.6 Å². The van der Waals surface area contributed by atoms with Crippen molar-refractivity contribution in [3.63, 3.8) is 0 Å². The highest BCUT2D eigenvalue weighted by Gasteiger charge is 2.23. The van der Waals surface area contributed by atoms with Crippen LogP contribution < -0.4 is 10.6 Å². The molecule has 0 spiro atoms. The van der Waals surface area contributed by atoms with Crippen molar-refractivity contribution in [2.24, 2.45) is 0 Å². The third-order valence-electron chi connectivity index (χ3n) is 6.84. The molecule has 3 aromatic rings. The van der Waals surface area contributed by atoms with Gasteiger partial charge in [-0.1, -0.05) is 45.0 Å². The Hall–Kier alpha value is -3.14. The van der Waals surface area contributed by atoms with Crippen LogP contribution in [0.5, 0.6) is 0 Å². The van der Waals surface area contributed by atoms with Crippen LogP contribution in [0.25, 0.3) is 0 Å². The third-order valence-corrected chi connectivity index (χ3v) is 8.75. The van der Waals surface area contributed by atoms with Gasteiger partial charge in [0.2, 0.25) is 10.0 Å².